The van der Waals surface area contributed by atoms with Gasteiger partial charge in [-0.05, 0) is 77.9 Å². The SMILES string of the molecule is c1ccc(-n2c3ccccc3c3cc(-c4nc5c(nc4-n4c6ccccc6c6c7c8c(cc64)c4ccccc4n8-c4ccccc4-c4ccccc4-7)oc4ccccc45)ccc32)cc1. The van der Waals surface area contributed by atoms with Crippen LogP contribution in [0.1, 0.15) is 0 Å². The van der Waals surface area contributed by atoms with Crippen LogP contribution in [-0.4, -0.2) is 23.7 Å². The normalized spacial score (nSPS) is 12.4. The molecule has 6 heteroatoms. The van der Waals surface area contributed by atoms with E-state index in [1.807, 2.05) is 18.2 Å². The zero-order valence-corrected chi connectivity index (χ0v) is 34.2. The quantitative estimate of drug-likeness (QED) is 0.178. The lowest BCUT2D eigenvalue weighted by atomic mass is 9.91. The van der Waals surface area contributed by atoms with Gasteiger partial charge < -0.3 is 13.6 Å². The van der Waals surface area contributed by atoms with Gasteiger partial charge in [0.25, 0.3) is 0 Å². The van der Waals surface area contributed by atoms with Crippen molar-refractivity contribution in [3.63, 3.8) is 0 Å². The predicted octanol–water partition coefficient (Wildman–Crippen LogP) is 15.0. The molecule has 0 fully saturated rings. The van der Waals surface area contributed by atoms with Gasteiger partial charge in [0.05, 0.1) is 38.8 Å². The fourth-order valence-corrected chi connectivity index (χ4v) is 11.0. The van der Waals surface area contributed by atoms with E-state index in [-0.39, 0.29) is 0 Å². The van der Waals surface area contributed by atoms with E-state index < -0.39 is 0 Å². The molecule has 0 N–H and O–H groups in total. The van der Waals surface area contributed by atoms with E-state index in [0.717, 1.165) is 66.3 Å². The smallest absolute Gasteiger partial charge is 0.248 e. The summed E-state index contributed by atoms with van der Waals surface area (Å²) in [4.78, 5) is 11.2. The van der Waals surface area contributed by atoms with Crippen LogP contribution in [-0.2, 0) is 0 Å². The molecule has 9 aromatic carbocycles. The Kier molecular flexibility index (Phi) is 6.59. The minimum Gasteiger partial charge on any atom is -0.436 e. The van der Waals surface area contributed by atoms with Crippen LogP contribution >= 0.6 is 0 Å². The number of rotatable bonds is 3. The number of nitrogens with zero attached hydrogens (tertiary/aromatic N) is 5. The minimum absolute atomic E-state index is 0.504. The van der Waals surface area contributed by atoms with Crippen molar-refractivity contribution in [3.8, 4) is 50.7 Å². The Morgan fingerprint density at radius 3 is 1.81 bits per heavy atom. The summed E-state index contributed by atoms with van der Waals surface area (Å²) in [5, 5.41) is 7.97. The maximum Gasteiger partial charge on any atom is 0.248 e. The zero-order chi connectivity index (χ0) is 41.6. The van der Waals surface area contributed by atoms with Crippen molar-refractivity contribution in [2.75, 3.05) is 0 Å². The standard InChI is InChI=1S/C58H33N5O/c1-2-16-35(17-3-1)61-45-25-11-7-20-38(45)43-32-34(30-31-49(43)61)54-57(60-58-55(59-54)42-24-10-15-29-51(42)64-58)63-48-28-14-9-23-41(48)52-50(63)33-44-39-21-8-13-27-47(39)62-46-26-12-6-19-37(46)36-18-4-5-22-40(36)53(52)56(44)62/h1-33H. The van der Waals surface area contributed by atoms with Gasteiger partial charge in [-0.25, -0.2) is 4.98 Å². The van der Waals surface area contributed by atoms with Gasteiger partial charge in [0.1, 0.15) is 16.8 Å². The third kappa shape index (κ3) is 4.38. The summed E-state index contributed by atoms with van der Waals surface area (Å²) >= 11 is 0. The first-order chi connectivity index (χ1) is 31.8. The highest BCUT2D eigenvalue weighted by Gasteiger charge is 2.30. The van der Waals surface area contributed by atoms with Crippen LogP contribution in [0.25, 0.3) is 138 Å². The van der Waals surface area contributed by atoms with E-state index in [1.165, 1.54) is 60.5 Å². The average Bonchev–Trinajstić information content (AvgIpc) is 4.07. The highest BCUT2D eigenvalue weighted by atomic mass is 16.3. The fraction of sp³-hybridized carbons (Fsp3) is 0. The largest absolute Gasteiger partial charge is 0.436 e. The summed E-state index contributed by atoms with van der Waals surface area (Å²) in [7, 11) is 0. The number of furan rings is 1. The second-order valence-electron chi connectivity index (χ2n) is 16.9. The number of hydrogen-bond acceptors (Lipinski definition) is 3. The van der Waals surface area contributed by atoms with Crippen LogP contribution in [0.4, 0.5) is 0 Å². The van der Waals surface area contributed by atoms with Crippen LogP contribution in [0, 0.1) is 0 Å². The molecule has 0 bridgehead atoms. The predicted molar refractivity (Wildman–Crippen MR) is 262 cm³/mol. The zero-order valence-electron chi connectivity index (χ0n) is 34.2. The molecular formula is C58H33N5O. The number of hydrogen-bond donors (Lipinski definition) is 0. The van der Waals surface area contributed by atoms with Crippen molar-refractivity contribution in [1.82, 2.24) is 23.7 Å². The third-order valence-corrected chi connectivity index (χ3v) is 13.6. The summed E-state index contributed by atoms with van der Waals surface area (Å²) in [6.07, 6.45) is 0. The summed E-state index contributed by atoms with van der Waals surface area (Å²) in [6.45, 7) is 0. The van der Waals surface area contributed by atoms with Crippen molar-refractivity contribution in [3.05, 3.63) is 200 Å². The highest BCUT2D eigenvalue weighted by molar-refractivity contribution is 6.28. The summed E-state index contributed by atoms with van der Waals surface area (Å²) < 4.78 is 13.8. The molecule has 64 heavy (non-hydrogen) atoms. The average molecular weight is 816 g/mol. The third-order valence-electron chi connectivity index (χ3n) is 13.6. The van der Waals surface area contributed by atoms with Crippen LogP contribution in [0.3, 0.4) is 0 Å². The Balaban J connectivity index is 1.11. The Bertz CT molecular complexity index is 4320. The van der Waals surface area contributed by atoms with Crippen molar-refractivity contribution in [2.45, 2.75) is 0 Å². The molecule has 1 aliphatic rings. The van der Waals surface area contributed by atoms with Crippen molar-refractivity contribution < 1.29 is 4.42 Å². The molecule has 6 heterocycles. The maximum atomic E-state index is 6.58. The van der Waals surface area contributed by atoms with Gasteiger partial charge in [0.2, 0.25) is 5.71 Å². The van der Waals surface area contributed by atoms with Gasteiger partial charge in [0, 0.05) is 60.1 Å². The number of para-hydroxylation sites is 6. The molecular weight excluding hydrogens is 783 g/mol. The molecule has 1 aliphatic heterocycles. The highest BCUT2D eigenvalue weighted by Crippen LogP contribution is 2.52. The fourth-order valence-electron chi connectivity index (χ4n) is 11.0. The molecule has 14 aromatic rings. The van der Waals surface area contributed by atoms with Gasteiger partial charge in [-0.2, -0.15) is 4.98 Å². The number of benzene rings is 9. The molecule has 6 nitrogen and oxygen atoms in total. The molecule has 15 rings (SSSR count). The second-order valence-corrected chi connectivity index (χ2v) is 16.9. The molecule has 5 aromatic heterocycles. The Hall–Kier alpha value is -8.74. The Morgan fingerprint density at radius 2 is 1.00 bits per heavy atom. The lowest BCUT2D eigenvalue weighted by molar-refractivity contribution is 0.652. The van der Waals surface area contributed by atoms with E-state index in [0.29, 0.717) is 11.5 Å². The second kappa shape index (κ2) is 12.4. The van der Waals surface area contributed by atoms with Crippen molar-refractivity contribution in [2.24, 2.45) is 0 Å². The molecule has 296 valence electrons. The molecule has 0 spiro atoms. The van der Waals surface area contributed by atoms with Gasteiger partial charge in [-0.15, -0.1) is 0 Å². The number of fused-ring (bicyclic) bond motifs is 18. The van der Waals surface area contributed by atoms with Gasteiger partial charge in [-0.3, -0.25) is 4.57 Å². The number of aromatic nitrogens is 5. The van der Waals surface area contributed by atoms with Crippen LogP contribution in [0.15, 0.2) is 205 Å². The van der Waals surface area contributed by atoms with Gasteiger partial charge >= 0.3 is 0 Å². The van der Waals surface area contributed by atoms with E-state index in [4.69, 9.17) is 14.4 Å². The monoisotopic (exact) mass is 815 g/mol. The van der Waals surface area contributed by atoms with Gasteiger partial charge in [-0.1, -0.05) is 133 Å². The first-order valence-corrected chi connectivity index (χ1v) is 21.8. The molecule has 0 amide bonds. The molecule has 0 atom stereocenters. The summed E-state index contributed by atoms with van der Waals surface area (Å²) in [6, 6.07) is 71.9. The molecule has 0 saturated carbocycles. The van der Waals surface area contributed by atoms with E-state index in [9.17, 15) is 0 Å². The van der Waals surface area contributed by atoms with Crippen LogP contribution in [0.5, 0.6) is 0 Å². The van der Waals surface area contributed by atoms with E-state index >= 15 is 0 Å². The van der Waals surface area contributed by atoms with Crippen LogP contribution < -0.4 is 0 Å². The Morgan fingerprint density at radius 1 is 0.391 bits per heavy atom. The topological polar surface area (TPSA) is 53.7 Å². The van der Waals surface area contributed by atoms with E-state index in [2.05, 4.69) is 196 Å². The first kappa shape index (κ1) is 33.9. The Labute approximate surface area is 365 Å². The summed E-state index contributed by atoms with van der Waals surface area (Å²) in [5.74, 6) is 0.712. The molecule has 0 unspecified atom stereocenters. The molecule has 0 radical (unpaired) electrons. The van der Waals surface area contributed by atoms with Gasteiger partial charge in [0.15, 0.2) is 5.82 Å². The van der Waals surface area contributed by atoms with Crippen molar-refractivity contribution in [1.29, 1.82) is 0 Å². The lowest BCUT2D eigenvalue weighted by Gasteiger charge is -2.14. The molecule has 0 saturated heterocycles. The minimum atomic E-state index is 0.504. The molecule has 0 aliphatic carbocycles. The maximum absolute atomic E-state index is 6.58. The lowest BCUT2D eigenvalue weighted by Crippen LogP contribution is -2.03. The van der Waals surface area contributed by atoms with Crippen molar-refractivity contribution >= 4 is 87.6 Å². The van der Waals surface area contributed by atoms with E-state index in [1.54, 1.807) is 0 Å². The first-order valence-electron chi connectivity index (χ1n) is 21.8. The van der Waals surface area contributed by atoms with Crippen LogP contribution in [0.2, 0.25) is 0 Å². The summed E-state index contributed by atoms with van der Waals surface area (Å²) in [5.41, 5.74) is 17.7.